The third-order valence-electron chi connectivity index (χ3n) is 3.91. The number of fused-ring (bicyclic) bond motifs is 1. The molecular weight excluding hydrogens is 338 g/mol. The molecule has 122 valence electrons. The number of guanidine groups is 1. The van der Waals surface area contributed by atoms with Gasteiger partial charge in [0.1, 0.15) is 5.15 Å². The van der Waals surface area contributed by atoms with Crippen molar-refractivity contribution in [2.24, 2.45) is 5.73 Å². The Morgan fingerprint density at radius 2 is 1.87 bits per heavy atom. The van der Waals surface area contributed by atoms with Crippen LogP contribution in [0, 0.1) is 5.41 Å². The zero-order valence-corrected chi connectivity index (χ0v) is 13.8. The van der Waals surface area contributed by atoms with E-state index in [1.165, 1.54) is 10.5 Å². The van der Waals surface area contributed by atoms with Crippen LogP contribution in [0.2, 0.25) is 5.15 Å². The van der Waals surface area contributed by atoms with Crippen LogP contribution in [0.4, 0.5) is 0 Å². The van der Waals surface area contributed by atoms with Gasteiger partial charge in [0.2, 0.25) is 10.0 Å². The lowest BCUT2D eigenvalue weighted by molar-refractivity contribution is 0.263. The summed E-state index contributed by atoms with van der Waals surface area (Å²) in [6.07, 6.45) is 1.50. The molecule has 1 fully saturated rings. The zero-order valence-electron chi connectivity index (χ0n) is 12.2. The molecule has 1 saturated heterocycles. The highest BCUT2D eigenvalue weighted by atomic mass is 35.5. The summed E-state index contributed by atoms with van der Waals surface area (Å²) in [7, 11) is -3.65. The molecule has 0 radical (unpaired) electrons. The molecule has 0 spiro atoms. The molecular formula is C14H16ClN5O2S. The van der Waals surface area contributed by atoms with E-state index in [1.54, 1.807) is 29.2 Å². The van der Waals surface area contributed by atoms with Crippen molar-refractivity contribution in [1.82, 2.24) is 14.2 Å². The molecule has 0 saturated carbocycles. The number of piperazine rings is 1. The quantitative estimate of drug-likeness (QED) is 0.478. The minimum absolute atomic E-state index is 0.0370. The highest BCUT2D eigenvalue weighted by Crippen LogP contribution is 2.29. The maximum absolute atomic E-state index is 12.9. The SMILES string of the molecule is N=C(N)N1CCN(S(=O)(=O)c2cccc3c(Cl)nccc23)CC1. The first-order valence-electron chi connectivity index (χ1n) is 7.03. The summed E-state index contributed by atoms with van der Waals surface area (Å²) in [5, 5.41) is 8.86. The van der Waals surface area contributed by atoms with Crippen LogP contribution in [0.25, 0.3) is 10.8 Å². The Kier molecular flexibility index (Phi) is 4.13. The summed E-state index contributed by atoms with van der Waals surface area (Å²) in [4.78, 5) is 5.85. The van der Waals surface area contributed by atoms with Crippen molar-refractivity contribution in [2.45, 2.75) is 4.90 Å². The Labute approximate surface area is 139 Å². The van der Waals surface area contributed by atoms with Gasteiger partial charge in [0.25, 0.3) is 0 Å². The van der Waals surface area contributed by atoms with Crippen molar-refractivity contribution < 1.29 is 8.42 Å². The predicted octanol–water partition coefficient (Wildman–Crippen LogP) is 1.09. The lowest BCUT2D eigenvalue weighted by atomic mass is 10.2. The van der Waals surface area contributed by atoms with Crippen LogP contribution in [-0.4, -0.2) is 54.7 Å². The Balaban J connectivity index is 1.98. The summed E-state index contributed by atoms with van der Waals surface area (Å²) in [5.74, 6) is -0.0370. The summed E-state index contributed by atoms with van der Waals surface area (Å²) >= 11 is 6.06. The summed E-state index contributed by atoms with van der Waals surface area (Å²) in [6, 6.07) is 6.64. The molecule has 2 aromatic rings. The average Bonchev–Trinajstić information content (AvgIpc) is 2.55. The molecule has 1 aliphatic heterocycles. The van der Waals surface area contributed by atoms with Crippen molar-refractivity contribution in [1.29, 1.82) is 5.41 Å². The van der Waals surface area contributed by atoms with Crippen molar-refractivity contribution in [2.75, 3.05) is 26.2 Å². The van der Waals surface area contributed by atoms with E-state index in [2.05, 4.69) is 4.98 Å². The Morgan fingerprint density at radius 3 is 2.52 bits per heavy atom. The second-order valence-corrected chi connectivity index (χ2v) is 7.49. The number of halogens is 1. The van der Waals surface area contributed by atoms with Crippen LogP contribution in [0.15, 0.2) is 35.4 Å². The predicted molar refractivity (Wildman–Crippen MR) is 89.0 cm³/mol. The number of nitrogens with zero attached hydrogens (tertiary/aromatic N) is 3. The zero-order chi connectivity index (χ0) is 16.6. The van der Waals surface area contributed by atoms with Gasteiger partial charge in [-0.1, -0.05) is 23.7 Å². The van der Waals surface area contributed by atoms with Gasteiger partial charge in [-0.05, 0) is 12.1 Å². The summed E-state index contributed by atoms with van der Waals surface area (Å²) < 4.78 is 27.3. The number of hydrogen-bond donors (Lipinski definition) is 2. The molecule has 3 N–H and O–H groups in total. The highest BCUT2D eigenvalue weighted by Gasteiger charge is 2.30. The van der Waals surface area contributed by atoms with E-state index in [-0.39, 0.29) is 29.1 Å². The number of hydrogen-bond acceptors (Lipinski definition) is 4. The third-order valence-corrected chi connectivity index (χ3v) is 6.17. The summed E-state index contributed by atoms with van der Waals surface area (Å²) in [6.45, 7) is 1.39. The maximum Gasteiger partial charge on any atom is 0.243 e. The van der Waals surface area contributed by atoms with Gasteiger partial charge in [-0.2, -0.15) is 4.31 Å². The van der Waals surface area contributed by atoms with Gasteiger partial charge < -0.3 is 10.6 Å². The van der Waals surface area contributed by atoms with Gasteiger partial charge in [0, 0.05) is 43.1 Å². The van der Waals surface area contributed by atoms with Gasteiger partial charge in [-0.15, -0.1) is 0 Å². The Hall–Kier alpha value is -1.90. The van der Waals surface area contributed by atoms with Crippen LogP contribution in [0.5, 0.6) is 0 Å². The van der Waals surface area contributed by atoms with E-state index >= 15 is 0 Å². The second-order valence-electron chi connectivity index (χ2n) is 5.23. The van der Waals surface area contributed by atoms with E-state index < -0.39 is 10.0 Å². The number of rotatable bonds is 2. The third kappa shape index (κ3) is 2.85. The van der Waals surface area contributed by atoms with Crippen molar-refractivity contribution in [3.8, 4) is 0 Å². The number of benzene rings is 1. The minimum atomic E-state index is -3.65. The Bertz CT molecular complexity index is 863. The largest absolute Gasteiger partial charge is 0.370 e. The lowest BCUT2D eigenvalue weighted by Gasteiger charge is -2.34. The molecule has 23 heavy (non-hydrogen) atoms. The number of sulfonamides is 1. The fraction of sp³-hybridized carbons (Fsp3) is 0.286. The fourth-order valence-electron chi connectivity index (χ4n) is 2.68. The van der Waals surface area contributed by atoms with E-state index in [4.69, 9.17) is 22.7 Å². The van der Waals surface area contributed by atoms with E-state index in [1.807, 2.05) is 0 Å². The summed E-state index contributed by atoms with van der Waals surface area (Å²) in [5.41, 5.74) is 5.44. The standard InChI is InChI=1S/C14H16ClN5O2S/c15-13-11-2-1-3-12(10(11)4-5-18-13)23(21,22)20-8-6-19(7-9-20)14(16)17/h1-5H,6-9H2,(H3,16,17). The van der Waals surface area contributed by atoms with Crippen LogP contribution >= 0.6 is 11.6 Å². The van der Waals surface area contributed by atoms with Crippen LogP contribution in [0.1, 0.15) is 0 Å². The fourth-order valence-corrected chi connectivity index (χ4v) is 4.53. The molecule has 9 heteroatoms. The molecule has 0 atom stereocenters. The molecule has 0 unspecified atom stereocenters. The first-order valence-corrected chi connectivity index (χ1v) is 8.85. The number of aromatic nitrogens is 1. The van der Waals surface area contributed by atoms with Gasteiger partial charge in [-0.25, -0.2) is 13.4 Å². The minimum Gasteiger partial charge on any atom is -0.370 e. The van der Waals surface area contributed by atoms with E-state index in [0.29, 0.717) is 23.9 Å². The smallest absolute Gasteiger partial charge is 0.243 e. The monoisotopic (exact) mass is 353 g/mol. The second kappa shape index (κ2) is 5.95. The molecule has 2 heterocycles. The first kappa shape index (κ1) is 16.0. The molecule has 0 amide bonds. The van der Waals surface area contributed by atoms with Crippen LogP contribution in [0.3, 0.4) is 0 Å². The van der Waals surface area contributed by atoms with E-state index in [9.17, 15) is 8.42 Å². The lowest BCUT2D eigenvalue weighted by Crippen LogP contribution is -2.52. The molecule has 3 rings (SSSR count). The van der Waals surface area contributed by atoms with Crippen LogP contribution < -0.4 is 5.73 Å². The van der Waals surface area contributed by atoms with Gasteiger partial charge in [0.05, 0.1) is 4.90 Å². The van der Waals surface area contributed by atoms with Gasteiger partial charge in [-0.3, -0.25) is 5.41 Å². The normalized spacial score (nSPS) is 16.7. The maximum atomic E-state index is 12.9. The highest BCUT2D eigenvalue weighted by molar-refractivity contribution is 7.89. The number of nitrogens with two attached hydrogens (primary N) is 1. The van der Waals surface area contributed by atoms with Crippen molar-refractivity contribution in [3.05, 3.63) is 35.6 Å². The molecule has 0 aliphatic carbocycles. The van der Waals surface area contributed by atoms with Gasteiger partial charge >= 0.3 is 0 Å². The van der Waals surface area contributed by atoms with Crippen molar-refractivity contribution >= 4 is 38.4 Å². The average molecular weight is 354 g/mol. The molecule has 1 aliphatic rings. The number of nitrogens with one attached hydrogen (secondary N) is 1. The van der Waals surface area contributed by atoms with E-state index in [0.717, 1.165) is 0 Å². The topological polar surface area (TPSA) is 103 Å². The molecule has 7 nitrogen and oxygen atoms in total. The molecule has 1 aromatic heterocycles. The van der Waals surface area contributed by atoms with Gasteiger partial charge in [0.15, 0.2) is 5.96 Å². The number of pyridine rings is 1. The Morgan fingerprint density at radius 1 is 1.17 bits per heavy atom. The molecule has 1 aromatic carbocycles. The van der Waals surface area contributed by atoms with Crippen molar-refractivity contribution in [3.63, 3.8) is 0 Å². The first-order chi connectivity index (χ1) is 10.9. The molecule has 0 bridgehead atoms. The van der Waals surface area contributed by atoms with Crippen LogP contribution in [-0.2, 0) is 10.0 Å².